The monoisotopic (exact) mass is 593 g/mol. The van der Waals surface area contributed by atoms with E-state index in [1.807, 2.05) is 104 Å². The number of aromatic hydroxyl groups is 1. The number of imidazole rings is 1. The third-order valence-electron chi connectivity index (χ3n) is 8.09. The SMILES string of the molecule is [2H]C([2H])([2H])c1cc(-c2ccccn2)cc(-c2cccc3c2nc(-c2cc(C(C)(C)C)c([N+]#[C-])c(C(C)(C)C)c2O)n3-c2ccccc2)c1. The maximum absolute atomic E-state index is 12.1. The number of rotatable bonds is 4. The Morgan fingerprint density at radius 3 is 2.18 bits per heavy atom. The Morgan fingerprint density at radius 2 is 1.53 bits per heavy atom. The van der Waals surface area contributed by atoms with Gasteiger partial charge in [0, 0.05) is 32.7 Å². The summed E-state index contributed by atoms with van der Waals surface area (Å²) in [6, 6.07) is 28.5. The second kappa shape index (κ2) is 11.1. The minimum atomic E-state index is -2.34. The van der Waals surface area contributed by atoms with Crippen LogP contribution in [0.4, 0.5) is 5.69 Å². The van der Waals surface area contributed by atoms with Gasteiger partial charge in [-0.1, -0.05) is 90.1 Å². The molecule has 0 radical (unpaired) electrons. The number of hydrogen-bond donors (Lipinski definition) is 1. The van der Waals surface area contributed by atoms with Gasteiger partial charge in [0.2, 0.25) is 0 Å². The van der Waals surface area contributed by atoms with Crippen LogP contribution in [0.25, 0.3) is 55.3 Å². The van der Waals surface area contributed by atoms with Gasteiger partial charge in [-0.15, -0.1) is 0 Å². The lowest BCUT2D eigenvalue weighted by Crippen LogP contribution is -2.18. The van der Waals surface area contributed by atoms with Gasteiger partial charge < -0.3 is 5.11 Å². The lowest BCUT2D eigenvalue weighted by Gasteiger charge is -2.29. The van der Waals surface area contributed by atoms with Crippen molar-refractivity contribution in [2.75, 3.05) is 0 Å². The van der Waals surface area contributed by atoms with Crippen LogP contribution in [0.5, 0.6) is 5.75 Å². The zero-order chi connectivity index (χ0) is 34.6. The first-order valence-corrected chi connectivity index (χ1v) is 15.0. The first-order valence-electron chi connectivity index (χ1n) is 16.5. The van der Waals surface area contributed by atoms with E-state index in [1.165, 1.54) is 0 Å². The van der Waals surface area contributed by atoms with E-state index in [0.29, 0.717) is 45.0 Å². The summed E-state index contributed by atoms with van der Waals surface area (Å²) < 4.78 is 26.8. The molecule has 45 heavy (non-hydrogen) atoms. The molecule has 0 amide bonds. The molecular formula is C40H38N4O. The van der Waals surface area contributed by atoms with Crippen LogP contribution in [0.2, 0.25) is 0 Å². The van der Waals surface area contributed by atoms with Crippen molar-refractivity contribution in [2.24, 2.45) is 0 Å². The van der Waals surface area contributed by atoms with Crippen LogP contribution in [-0.2, 0) is 10.8 Å². The first kappa shape index (κ1) is 26.2. The van der Waals surface area contributed by atoms with Gasteiger partial charge in [0.15, 0.2) is 5.69 Å². The van der Waals surface area contributed by atoms with Crippen molar-refractivity contribution < 1.29 is 9.22 Å². The van der Waals surface area contributed by atoms with E-state index >= 15 is 0 Å². The number of aromatic nitrogens is 3. The second-order valence-electron chi connectivity index (χ2n) is 13.4. The highest BCUT2D eigenvalue weighted by Crippen LogP contribution is 2.50. The Hall–Kier alpha value is -5.21. The number of para-hydroxylation sites is 2. The summed E-state index contributed by atoms with van der Waals surface area (Å²) in [5, 5.41) is 12.1. The molecule has 0 aliphatic rings. The Bertz CT molecular complexity index is 2200. The van der Waals surface area contributed by atoms with Gasteiger partial charge in [0.25, 0.3) is 0 Å². The zero-order valence-corrected chi connectivity index (χ0v) is 26.5. The average Bonchev–Trinajstić information content (AvgIpc) is 3.43. The maximum Gasteiger partial charge on any atom is 0.198 e. The summed E-state index contributed by atoms with van der Waals surface area (Å²) >= 11 is 0. The Kier molecular flexibility index (Phi) is 6.44. The molecule has 5 nitrogen and oxygen atoms in total. The first-order chi connectivity index (χ1) is 22.6. The molecule has 0 atom stereocenters. The van der Waals surface area contributed by atoms with Gasteiger partial charge in [0.05, 0.1) is 28.9 Å². The van der Waals surface area contributed by atoms with Crippen LogP contribution < -0.4 is 0 Å². The highest BCUT2D eigenvalue weighted by atomic mass is 16.3. The molecule has 6 rings (SSSR count). The van der Waals surface area contributed by atoms with E-state index in [-0.39, 0.29) is 11.3 Å². The summed E-state index contributed by atoms with van der Waals surface area (Å²) in [5.74, 6) is 0.544. The minimum absolute atomic E-state index is 0.0253. The van der Waals surface area contributed by atoms with Gasteiger partial charge in [0.1, 0.15) is 11.6 Å². The van der Waals surface area contributed by atoms with Crippen LogP contribution in [0.3, 0.4) is 0 Å². The summed E-state index contributed by atoms with van der Waals surface area (Å²) in [5.41, 5.74) is 6.75. The summed E-state index contributed by atoms with van der Waals surface area (Å²) in [7, 11) is 0. The summed E-state index contributed by atoms with van der Waals surface area (Å²) in [4.78, 5) is 13.7. The number of phenolic OH excluding ortho intramolecular Hbond substituents is 1. The molecule has 224 valence electrons. The number of benzene rings is 4. The van der Waals surface area contributed by atoms with Gasteiger partial charge >= 0.3 is 0 Å². The highest BCUT2D eigenvalue weighted by Gasteiger charge is 2.33. The van der Waals surface area contributed by atoms with Crippen molar-refractivity contribution >= 4 is 16.7 Å². The fourth-order valence-corrected chi connectivity index (χ4v) is 6.05. The van der Waals surface area contributed by atoms with Crippen LogP contribution in [0.1, 0.15) is 62.3 Å². The number of nitrogens with zero attached hydrogens (tertiary/aromatic N) is 4. The zero-order valence-electron chi connectivity index (χ0n) is 29.5. The predicted molar refractivity (Wildman–Crippen MR) is 185 cm³/mol. The van der Waals surface area contributed by atoms with Gasteiger partial charge in [-0.25, -0.2) is 9.83 Å². The Labute approximate surface area is 269 Å². The summed E-state index contributed by atoms with van der Waals surface area (Å²) in [6.45, 7) is 18.0. The van der Waals surface area contributed by atoms with Crippen LogP contribution in [0, 0.1) is 13.4 Å². The highest BCUT2D eigenvalue weighted by molar-refractivity contribution is 5.97. The molecule has 0 aliphatic carbocycles. The lowest BCUT2D eigenvalue weighted by molar-refractivity contribution is 0.448. The van der Waals surface area contributed by atoms with E-state index in [4.69, 9.17) is 15.7 Å². The number of fused-ring (bicyclic) bond motifs is 1. The van der Waals surface area contributed by atoms with Crippen LogP contribution in [-0.4, -0.2) is 19.6 Å². The molecule has 1 N–H and O–H groups in total. The van der Waals surface area contributed by atoms with Crippen molar-refractivity contribution in [3.8, 4) is 45.2 Å². The van der Waals surface area contributed by atoms with Crippen molar-refractivity contribution in [1.82, 2.24) is 14.5 Å². The molecular weight excluding hydrogens is 552 g/mol. The van der Waals surface area contributed by atoms with E-state index in [9.17, 15) is 5.11 Å². The normalized spacial score (nSPS) is 13.2. The van der Waals surface area contributed by atoms with Crippen molar-refractivity contribution in [3.05, 3.63) is 125 Å². The van der Waals surface area contributed by atoms with E-state index < -0.39 is 17.7 Å². The van der Waals surface area contributed by atoms with Crippen molar-refractivity contribution in [3.63, 3.8) is 0 Å². The second-order valence-corrected chi connectivity index (χ2v) is 13.4. The molecule has 0 saturated carbocycles. The van der Waals surface area contributed by atoms with Gasteiger partial charge in [-0.05, 0) is 76.8 Å². The molecule has 4 aromatic carbocycles. The Balaban J connectivity index is 1.73. The van der Waals surface area contributed by atoms with Crippen molar-refractivity contribution in [1.29, 1.82) is 0 Å². The molecule has 5 heteroatoms. The van der Waals surface area contributed by atoms with E-state index in [2.05, 4.69) is 30.6 Å². The minimum Gasteiger partial charge on any atom is -0.508 e. The molecule has 0 bridgehead atoms. The number of hydrogen-bond acceptors (Lipinski definition) is 3. The molecule has 0 fully saturated rings. The maximum atomic E-state index is 12.1. The standard InChI is InChI=1S/C40H38N4O/c1-25-21-26(23-27(22-25)32-18-12-13-20-42-32)29-17-14-19-33-35(29)43-38(44(33)28-15-10-9-11-16-28)30-24-31(39(2,3)4)36(41-8)34(37(30)45)40(5,6)7/h9-24,45H,1-7H3/i1D3. The smallest absolute Gasteiger partial charge is 0.198 e. The third kappa shape index (κ3) is 5.38. The van der Waals surface area contributed by atoms with Crippen molar-refractivity contribution in [2.45, 2.75) is 59.2 Å². The van der Waals surface area contributed by atoms with Crippen LogP contribution >= 0.6 is 0 Å². The quantitative estimate of drug-likeness (QED) is 0.207. The number of phenols is 1. The number of pyridine rings is 1. The molecule has 0 unspecified atom stereocenters. The molecule has 2 heterocycles. The molecule has 2 aromatic heterocycles. The topological polar surface area (TPSA) is 55.3 Å². The molecule has 0 aliphatic heterocycles. The van der Waals surface area contributed by atoms with E-state index in [0.717, 1.165) is 22.3 Å². The van der Waals surface area contributed by atoms with Gasteiger partial charge in [-0.2, -0.15) is 0 Å². The fourth-order valence-electron chi connectivity index (χ4n) is 6.05. The van der Waals surface area contributed by atoms with E-state index in [1.54, 1.807) is 18.3 Å². The predicted octanol–water partition coefficient (Wildman–Crippen LogP) is 10.6. The summed E-state index contributed by atoms with van der Waals surface area (Å²) in [6.07, 6.45) is 1.69. The molecule has 0 saturated heterocycles. The lowest BCUT2D eigenvalue weighted by atomic mass is 9.77. The fraction of sp³-hybridized carbons (Fsp3) is 0.225. The Morgan fingerprint density at radius 1 is 0.800 bits per heavy atom. The largest absolute Gasteiger partial charge is 0.508 e. The average molecular weight is 594 g/mol. The molecule has 6 aromatic rings. The molecule has 0 spiro atoms. The number of aryl methyl sites for hydroxylation is 1. The van der Waals surface area contributed by atoms with Gasteiger partial charge in [-0.3, -0.25) is 9.55 Å². The third-order valence-corrected chi connectivity index (χ3v) is 8.09. The van der Waals surface area contributed by atoms with Crippen LogP contribution in [0.15, 0.2) is 97.2 Å².